The van der Waals surface area contributed by atoms with Crippen LogP contribution in [-0.4, -0.2) is 26.7 Å². The van der Waals surface area contributed by atoms with Crippen LogP contribution < -0.4 is 4.90 Å². The van der Waals surface area contributed by atoms with Gasteiger partial charge >= 0.3 is 5.97 Å². The summed E-state index contributed by atoms with van der Waals surface area (Å²) < 4.78 is 5.12. The monoisotopic (exact) mass is 249 g/mol. The first-order chi connectivity index (χ1) is 8.63. The minimum Gasteiger partial charge on any atom is -0.466 e. The van der Waals surface area contributed by atoms with Crippen molar-refractivity contribution < 1.29 is 9.53 Å². The van der Waals surface area contributed by atoms with Gasteiger partial charge in [0.25, 0.3) is 0 Å². The lowest BCUT2D eigenvalue weighted by atomic mass is 10.1. The average Bonchev–Trinajstić information content (AvgIpc) is 2.37. The predicted octanol–water partition coefficient (Wildman–Crippen LogP) is 3.03. The maximum absolute atomic E-state index is 11.4. The van der Waals surface area contributed by atoms with Gasteiger partial charge in [-0.3, -0.25) is 4.79 Å². The van der Waals surface area contributed by atoms with Crippen molar-refractivity contribution >= 4 is 11.7 Å². The Labute approximate surface area is 110 Å². The molecule has 0 bridgehead atoms. The molecule has 0 saturated heterocycles. The average molecular weight is 249 g/mol. The van der Waals surface area contributed by atoms with Crippen LogP contribution in [0.4, 0.5) is 5.69 Å². The highest BCUT2D eigenvalue weighted by atomic mass is 16.5. The van der Waals surface area contributed by atoms with Gasteiger partial charge in [0.15, 0.2) is 0 Å². The second kappa shape index (κ2) is 7.75. The maximum atomic E-state index is 11.4. The zero-order chi connectivity index (χ0) is 13.4. The van der Waals surface area contributed by atoms with Gasteiger partial charge in [-0.2, -0.15) is 0 Å². The summed E-state index contributed by atoms with van der Waals surface area (Å²) in [5.74, 6) is -0.0971. The van der Waals surface area contributed by atoms with Gasteiger partial charge in [0.1, 0.15) is 0 Å². The SMILES string of the molecule is CCCCOC(=O)CCc1ccc(N(C)C)cc1. The van der Waals surface area contributed by atoms with E-state index in [1.165, 1.54) is 11.3 Å². The number of ether oxygens (including phenoxy) is 1. The quantitative estimate of drug-likeness (QED) is 0.549. The summed E-state index contributed by atoms with van der Waals surface area (Å²) in [4.78, 5) is 13.5. The largest absolute Gasteiger partial charge is 0.466 e. The van der Waals surface area contributed by atoms with Crippen molar-refractivity contribution in [3.05, 3.63) is 29.8 Å². The third-order valence-corrected chi connectivity index (χ3v) is 2.83. The first-order valence-corrected chi connectivity index (χ1v) is 6.55. The number of esters is 1. The van der Waals surface area contributed by atoms with Crippen molar-refractivity contribution in [2.75, 3.05) is 25.6 Å². The minimum atomic E-state index is -0.0971. The van der Waals surface area contributed by atoms with Crippen molar-refractivity contribution in [1.29, 1.82) is 0 Å². The molecule has 0 aromatic heterocycles. The Hall–Kier alpha value is -1.51. The van der Waals surface area contributed by atoms with Crippen LogP contribution in [0.3, 0.4) is 0 Å². The zero-order valence-corrected chi connectivity index (χ0v) is 11.6. The number of hydrogen-bond acceptors (Lipinski definition) is 3. The highest BCUT2D eigenvalue weighted by Gasteiger charge is 2.03. The van der Waals surface area contributed by atoms with E-state index in [0.717, 1.165) is 19.3 Å². The highest BCUT2D eigenvalue weighted by Crippen LogP contribution is 2.13. The summed E-state index contributed by atoms with van der Waals surface area (Å²) in [6.07, 6.45) is 3.21. The van der Waals surface area contributed by atoms with Gasteiger partial charge in [0.2, 0.25) is 0 Å². The van der Waals surface area contributed by atoms with Crippen molar-refractivity contribution in [3.63, 3.8) is 0 Å². The molecule has 1 aromatic carbocycles. The Bertz CT molecular complexity index is 357. The Balaban J connectivity index is 2.32. The fourth-order valence-electron chi connectivity index (χ4n) is 1.61. The summed E-state index contributed by atoms with van der Waals surface area (Å²) >= 11 is 0. The van der Waals surface area contributed by atoms with E-state index >= 15 is 0 Å². The Morgan fingerprint density at radius 3 is 2.44 bits per heavy atom. The topological polar surface area (TPSA) is 29.5 Å². The molecule has 0 fully saturated rings. The predicted molar refractivity (Wildman–Crippen MR) is 75.0 cm³/mol. The zero-order valence-electron chi connectivity index (χ0n) is 11.6. The third-order valence-electron chi connectivity index (χ3n) is 2.83. The normalized spacial score (nSPS) is 10.2. The standard InChI is InChI=1S/C15H23NO2/c1-4-5-12-18-15(17)11-8-13-6-9-14(10-7-13)16(2)3/h6-7,9-10H,4-5,8,11-12H2,1-3H3. The van der Waals surface area contributed by atoms with Gasteiger partial charge in [-0.05, 0) is 30.5 Å². The van der Waals surface area contributed by atoms with Crippen LogP contribution in [0.5, 0.6) is 0 Å². The van der Waals surface area contributed by atoms with Crippen LogP contribution in [0.15, 0.2) is 24.3 Å². The van der Waals surface area contributed by atoms with Gasteiger partial charge in [0.05, 0.1) is 6.61 Å². The first kappa shape index (κ1) is 14.6. The molecule has 0 radical (unpaired) electrons. The lowest BCUT2D eigenvalue weighted by Crippen LogP contribution is -2.09. The number of nitrogens with zero attached hydrogens (tertiary/aromatic N) is 1. The van der Waals surface area contributed by atoms with Gasteiger partial charge in [0, 0.05) is 26.2 Å². The van der Waals surface area contributed by atoms with Crippen LogP contribution >= 0.6 is 0 Å². The van der Waals surface area contributed by atoms with Crippen LogP contribution in [0, 0.1) is 0 Å². The van der Waals surface area contributed by atoms with E-state index in [1.807, 2.05) is 14.1 Å². The molecule has 0 amide bonds. The second-order valence-electron chi connectivity index (χ2n) is 4.63. The molecule has 0 aliphatic rings. The van der Waals surface area contributed by atoms with Crippen LogP contribution in [-0.2, 0) is 16.0 Å². The first-order valence-electron chi connectivity index (χ1n) is 6.55. The number of aryl methyl sites for hydroxylation is 1. The fraction of sp³-hybridized carbons (Fsp3) is 0.533. The van der Waals surface area contributed by atoms with Crippen molar-refractivity contribution in [2.24, 2.45) is 0 Å². The van der Waals surface area contributed by atoms with Crippen LogP contribution in [0.2, 0.25) is 0 Å². The van der Waals surface area contributed by atoms with Crippen molar-refractivity contribution in [3.8, 4) is 0 Å². The van der Waals surface area contributed by atoms with Crippen molar-refractivity contribution in [2.45, 2.75) is 32.6 Å². The molecule has 0 atom stereocenters. The smallest absolute Gasteiger partial charge is 0.306 e. The minimum absolute atomic E-state index is 0.0971. The molecular formula is C15H23NO2. The molecule has 0 heterocycles. The summed E-state index contributed by atoms with van der Waals surface area (Å²) in [6.45, 7) is 2.63. The molecule has 3 heteroatoms. The lowest BCUT2D eigenvalue weighted by Gasteiger charge is -2.12. The van der Waals surface area contributed by atoms with Gasteiger partial charge in [-0.25, -0.2) is 0 Å². The van der Waals surface area contributed by atoms with E-state index in [1.54, 1.807) is 0 Å². The van der Waals surface area contributed by atoms with Gasteiger partial charge in [-0.1, -0.05) is 25.5 Å². The number of anilines is 1. The van der Waals surface area contributed by atoms with E-state index in [2.05, 4.69) is 36.1 Å². The third kappa shape index (κ3) is 5.21. The molecule has 0 saturated carbocycles. The fourth-order valence-corrected chi connectivity index (χ4v) is 1.61. The Kier molecular flexibility index (Phi) is 6.26. The van der Waals surface area contributed by atoms with Crippen molar-refractivity contribution in [1.82, 2.24) is 0 Å². The number of rotatable bonds is 7. The molecule has 0 N–H and O–H groups in total. The van der Waals surface area contributed by atoms with E-state index in [9.17, 15) is 4.79 Å². The van der Waals surface area contributed by atoms with E-state index in [4.69, 9.17) is 4.74 Å². The molecule has 1 rings (SSSR count). The molecular weight excluding hydrogens is 226 g/mol. The van der Waals surface area contributed by atoms with E-state index in [0.29, 0.717) is 13.0 Å². The molecule has 0 unspecified atom stereocenters. The molecule has 18 heavy (non-hydrogen) atoms. The summed E-state index contributed by atoms with van der Waals surface area (Å²) in [5, 5.41) is 0. The highest BCUT2D eigenvalue weighted by molar-refractivity contribution is 5.69. The molecule has 0 aliphatic heterocycles. The lowest BCUT2D eigenvalue weighted by molar-refractivity contribution is -0.143. The molecule has 1 aromatic rings. The molecule has 3 nitrogen and oxygen atoms in total. The number of unbranched alkanes of at least 4 members (excludes halogenated alkanes) is 1. The summed E-state index contributed by atoms with van der Waals surface area (Å²) in [5.41, 5.74) is 2.34. The van der Waals surface area contributed by atoms with E-state index in [-0.39, 0.29) is 5.97 Å². The summed E-state index contributed by atoms with van der Waals surface area (Å²) in [6, 6.07) is 8.26. The molecule has 0 aliphatic carbocycles. The number of carbonyl (C=O) groups is 1. The second-order valence-corrected chi connectivity index (χ2v) is 4.63. The molecule has 0 spiro atoms. The van der Waals surface area contributed by atoms with Gasteiger partial charge in [-0.15, -0.1) is 0 Å². The van der Waals surface area contributed by atoms with Crippen LogP contribution in [0.25, 0.3) is 0 Å². The van der Waals surface area contributed by atoms with Crippen LogP contribution in [0.1, 0.15) is 31.7 Å². The maximum Gasteiger partial charge on any atom is 0.306 e. The van der Waals surface area contributed by atoms with E-state index < -0.39 is 0 Å². The number of benzene rings is 1. The number of hydrogen-bond donors (Lipinski definition) is 0. The number of carbonyl (C=O) groups excluding carboxylic acids is 1. The summed E-state index contributed by atoms with van der Waals surface area (Å²) in [7, 11) is 4.03. The van der Waals surface area contributed by atoms with Gasteiger partial charge < -0.3 is 9.64 Å². The Morgan fingerprint density at radius 1 is 1.22 bits per heavy atom. The molecule has 100 valence electrons. The Morgan fingerprint density at radius 2 is 1.89 bits per heavy atom.